The second-order valence-electron chi connectivity index (χ2n) is 4.96. The lowest BCUT2D eigenvalue weighted by molar-refractivity contribution is -0.142. The van der Waals surface area contributed by atoms with Crippen molar-refractivity contribution in [2.24, 2.45) is 0 Å². The van der Waals surface area contributed by atoms with E-state index in [0.717, 1.165) is 4.68 Å². The smallest absolute Gasteiger partial charge is 0.260 e. The molecule has 1 aliphatic rings. The largest absolute Gasteiger partial charge is 0.435 e. The number of aromatic nitrogens is 2. The van der Waals surface area contributed by atoms with Crippen LogP contribution in [0.25, 0.3) is 0 Å². The van der Waals surface area contributed by atoms with E-state index in [1.54, 1.807) is 0 Å². The zero-order valence-corrected chi connectivity index (χ0v) is 10.1. The van der Waals surface area contributed by atoms with Gasteiger partial charge in [-0.3, -0.25) is 4.68 Å². The quantitative estimate of drug-likeness (QED) is 0.702. The summed E-state index contributed by atoms with van der Waals surface area (Å²) in [6, 6.07) is -0.536. The minimum Gasteiger partial charge on any atom is -0.260 e. The molecule has 102 valence electrons. The Hall–Kier alpha value is -1.14. The van der Waals surface area contributed by atoms with Gasteiger partial charge in [0.05, 0.1) is 0 Å². The summed E-state index contributed by atoms with van der Waals surface area (Å²) in [6.45, 7) is 4.44. The number of rotatable bonds is 1. The first-order valence-electron chi connectivity index (χ1n) is 5.63. The molecule has 18 heavy (non-hydrogen) atoms. The van der Waals surface area contributed by atoms with Crippen LogP contribution in [0, 0.1) is 0 Å². The van der Waals surface area contributed by atoms with Crippen molar-refractivity contribution in [1.29, 1.82) is 0 Å². The van der Waals surface area contributed by atoms with Crippen molar-refractivity contribution in [3.05, 3.63) is 17.0 Å². The third kappa shape index (κ3) is 1.80. The van der Waals surface area contributed by atoms with E-state index in [9.17, 15) is 22.0 Å². The van der Waals surface area contributed by atoms with Gasteiger partial charge in [0.15, 0.2) is 5.69 Å². The highest BCUT2D eigenvalue weighted by atomic mass is 19.4. The van der Waals surface area contributed by atoms with Crippen LogP contribution in [0.4, 0.5) is 22.0 Å². The van der Waals surface area contributed by atoms with Gasteiger partial charge in [-0.1, -0.05) is 6.92 Å². The molecule has 0 saturated carbocycles. The molecule has 0 unspecified atom stereocenters. The maximum absolute atomic E-state index is 13.8. The molecule has 0 fully saturated rings. The molecule has 1 atom stereocenters. The third-order valence-corrected chi connectivity index (χ3v) is 3.11. The average Bonchev–Trinajstić information content (AvgIpc) is 2.63. The zero-order valence-electron chi connectivity index (χ0n) is 10.1. The first kappa shape index (κ1) is 13.3. The Morgan fingerprint density at radius 3 is 2.33 bits per heavy atom. The van der Waals surface area contributed by atoms with Crippen LogP contribution in [-0.2, 0) is 12.1 Å². The molecule has 0 aliphatic heterocycles. The topological polar surface area (TPSA) is 17.8 Å². The van der Waals surface area contributed by atoms with E-state index in [1.165, 1.54) is 20.8 Å². The summed E-state index contributed by atoms with van der Waals surface area (Å²) in [6.07, 6.45) is -5.28. The van der Waals surface area contributed by atoms with Crippen molar-refractivity contribution in [2.75, 3.05) is 0 Å². The highest BCUT2D eigenvalue weighted by Gasteiger charge is 2.53. The fraction of sp³-hybridized carbons (Fsp3) is 0.727. The highest BCUT2D eigenvalue weighted by Crippen LogP contribution is 2.52. The molecule has 1 aliphatic carbocycles. The lowest BCUT2D eigenvalue weighted by Crippen LogP contribution is -2.18. The average molecular weight is 268 g/mol. The van der Waals surface area contributed by atoms with E-state index < -0.39 is 41.9 Å². The molecule has 0 saturated heterocycles. The molecule has 2 nitrogen and oxygen atoms in total. The van der Waals surface area contributed by atoms with Gasteiger partial charge in [-0.05, 0) is 19.8 Å². The molecule has 1 aromatic heterocycles. The van der Waals surface area contributed by atoms with Gasteiger partial charge in [0.25, 0.3) is 5.92 Å². The van der Waals surface area contributed by atoms with Gasteiger partial charge in [0.2, 0.25) is 0 Å². The summed E-state index contributed by atoms with van der Waals surface area (Å²) in [4.78, 5) is 0. The molecule has 2 rings (SSSR count). The van der Waals surface area contributed by atoms with Gasteiger partial charge in [-0.25, -0.2) is 0 Å². The van der Waals surface area contributed by atoms with Crippen molar-refractivity contribution >= 4 is 0 Å². The number of halogens is 5. The van der Waals surface area contributed by atoms with Crippen molar-refractivity contribution in [2.45, 2.75) is 51.3 Å². The molecule has 0 bridgehead atoms. The Morgan fingerprint density at radius 1 is 1.33 bits per heavy atom. The first-order valence-corrected chi connectivity index (χ1v) is 5.63. The van der Waals surface area contributed by atoms with Crippen LogP contribution in [0.3, 0.4) is 0 Å². The first-order chi connectivity index (χ1) is 8.05. The lowest BCUT2D eigenvalue weighted by atomic mass is 10.0. The lowest BCUT2D eigenvalue weighted by Gasteiger charge is -2.16. The number of hydrogen-bond acceptors (Lipinski definition) is 1. The van der Waals surface area contributed by atoms with Crippen LogP contribution < -0.4 is 0 Å². The Labute approximate surface area is 101 Å². The van der Waals surface area contributed by atoms with Crippen LogP contribution in [0.1, 0.15) is 56.1 Å². The standard InChI is InChI=1S/C11H13F5N2/c1-5(2)18-9-7(6(3)4-10(9,12)13)8(17-18)11(14,15)16/h5-6H,4H2,1-3H3/t6-/m1/s1. The van der Waals surface area contributed by atoms with E-state index in [1.807, 2.05) is 0 Å². The Kier molecular flexibility index (Phi) is 2.72. The maximum Gasteiger partial charge on any atom is 0.435 e. The van der Waals surface area contributed by atoms with Crippen molar-refractivity contribution < 1.29 is 22.0 Å². The number of alkyl halides is 5. The SMILES string of the molecule is CC(C)n1nc(C(F)(F)F)c2c1C(F)(F)C[C@H]2C. The molecule has 0 N–H and O–H groups in total. The fourth-order valence-electron chi connectivity index (χ4n) is 2.44. The minimum atomic E-state index is -4.70. The maximum atomic E-state index is 13.8. The van der Waals surface area contributed by atoms with Crippen LogP contribution in [0.5, 0.6) is 0 Å². The summed E-state index contributed by atoms with van der Waals surface area (Å²) in [5.74, 6) is -4.07. The van der Waals surface area contributed by atoms with Gasteiger partial charge in [0.1, 0.15) is 5.69 Å². The van der Waals surface area contributed by atoms with Gasteiger partial charge in [0, 0.05) is 18.0 Å². The third-order valence-electron chi connectivity index (χ3n) is 3.11. The summed E-state index contributed by atoms with van der Waals surface area (Å²) < 4.78 is 66.8. The number of nitrogens with zero attached hydrogens (tertiary/aromatic N) is 2. The van der Waals surface area contributed by atoms with E-state index in [2.05, 4.69) is 5.10 Å². The van der Waals surface area contributed by atoms with Gasteiger partial charge in [-0.2, -0.15) is 27.1 Å². The summed E-state index contributed by atoms with van der Waals surface area (Å²) in [7, 11) is 0. The molecule has 0 amide bonds. The zero-order chi connectivity index (χ0) is 13.9. The van der Waals surface area contributed by atoms with Gasteiger partial charge in [-0.15, -0.1) is 0 Å². The fourth-order valence-corrected chi connectivity index (χ4v) is 2.44. The van der Waals surface area contributed by atoms with Gasteiger partial charge >= 0.3 is 6.18 Å². The van der Waals surface area contributed by atoms with Crippen LogP contribution in [-0.4, -0.2) is 9.78 Å². The molecule has 0 spiro atoms. The minimum absolute atomic E-state index is 0.346. The van der Waals surface area contributed by atoms with Crippen LogP contribution >= 0.6 is 0 Å². The molecule has 1 aromatic rings. The Bertz CT molecular complexity index is 473. The molecule has 7 heteroatoms. The molecule has 0 aromatic carbocycles. The van der Waals surface area contributed by atoms with Crippen molar-refractivity contribution in [3.8, 4) is 0 Å². The summed E-state index contributed by atoms with van der Waals surface area (Å²) >= 11 is 0. The second-order valence-corrected chi connectivity index (χ2v) is 4.96. The van der Waals surface area contributed by atoms with Crippen LogP contribution in [0.15, 0.2) is 0 Å². The van der Waals surface area contributed by atoms with Crippen molar-refractivity contribution in [1.82, 2.24) is 9.78 Å². The Morgan fingerprint density at radius 2 is 1.89 bits per heavy atom. The normalized spacial score (nSPS) is 22.6. The van der Waals surface area contributed by atoms with E-state index in [-0.39, 0.29) is 5.56 Å². The van der Waals surface area contributed by atoms with Crippen LogP contribution in [0.2, 0.25) is 0 Å². The Balaban J connectivity index is 2.73. The summed E-state index contributed by atoms with van der Waals surface area (Å²) in [5, 5.41) is 3.36. The monoisotopic (exact) mass is 268 g/mol. The second kappa shape index (κ2) is 3.68. The number of hydrogen-bond donors (Lipinski definition) is 0. The summed E-state index contributed by atoms with van der Waals surface area (Å²) in [5.41, 5.74) is -2.09. The van der Waals surface area contributed by atoms with Gasteiger partial charge < -0.3 is 0 Å². The van der Waals surface area contributed by atoms with E-state index in [0.29, 0.717) is 0 Å². The van der Waals surface area contributed by atoms with Crippen molar-refractivity contribution in [3.63, 3.8) is 0 Å². The molecule has 0 radical (unpaired) electrons. The predicted molar refractivity (Wildman–Crippen MR) is 54.5 cm³/mol. The molecular weight excluding hydrogens is 255 g/mol. The predicted octanol–water partition coefficient (Wildman–Crippen LogP) is 4.08. The molecule has 1 heterocycles. The molecular formula is C11H13F5N2. The van der Waals surface area contributed by atoms with E-state index >= 15 is 0 Å². The van der Waals surface area contributed by atoms with E-state index in [4.69, 9.17) is 0 Å². The highest BCUT2D eigenvalue weighted by molar-refractivity contribution is 5.39. The number of fused-ring (bicyclic) bond motifs is 1.